The summed E-state index contributed by atoms with van der Waals surface area (Å²) < 4.78 is 32.5. The first-order valence-electron chi connectivity index (χ1n) is 6.27. The Kier molecular flexibility index (Phi) is 4.46. The van der Waals surface area contributed by atoms with Gasteiger partial charge in [0.2, 0.25) is 10.0 Å². The maximum atomic E-state index is 12.4. The van der Waals surface area contributed by atoms with Crippen molar-refractivity contribution in [3.05, 3.63) is 53.5 Å². The van der Waals surface area contributed by atoms with Crippen LogP contribution < -0.4 is 10.5 Å². The number of furan rings is 1. The Labute approximate surface area is 129 Å². The third-order valence-corrected chi connectivity index (χ3v) is 4.83. The average Bonchev–Trinajstić information content (AvgIpc) is 2.91. The smallest absolute Gasteiger partial charge is 0.241 e. The second-order valence-corrected chi connectivity index (χ2v) is 6.85. The van der Waals surface area contributed by atoms with E-state index in [1.807, 2.05) is 0 Å². The lowest BCUT2D eigenvalue weighted by atomic mass is 10.1. The molecule has 0 spiro atoms. The molecule has 0 bridgehead atoms. The van der Waals surface area contributed by atoms with Crippen molar-refractivity contribution in [1.82, 2.24) is 4.72 Å². The highest BCUT2D eigenvalue weighted by Crippen LogP contribution is 2.19. The number of rotatable bonds is 5. The molecular weight excluding hydrogens is 308 g/mol. The van der Waals surface area contributed by atoms with E-state index >= 15 is 0 Å². The molecule has 0 aliphatic rings. The van der Waals surface area contributed by atoms with Crippen molar-refractivity contribution in [3.8, 4) is 0 Å². The summed E-state index contributed by atoms with van der Waals surface area (Å²) in [6, 6.07) is 7.62. The van der Waals surface area contributed by atoms with Crippen LogP contribution in [0.2, 0.25) is 0 Å². The molecule has 7 heteroatoms. The Hall–Kier alpha value is -1.70. The van der Waals surface area contributed by atoms with Crippen LogP contribution in [0.3, 0.4) is 0 Å². The lowest BCUT2D eigenvalue weighted by Crippen LogP contribution is -2.27. The van der Waals surface area contributed by atoms with Gasteiger partial charge in [-0.15, -0.1) is 0 Å². The molecule has 21 heavy (non-hydrogen) atoms. The number of nitrogens with two attached hydrogens (primary N) is 1. The van der Waals surface area contributed by atoms with Crippen LogP contribution in [0, 0.1) is 6.92 Å². The van der Waals surface area contributed by atoms with E-state index in [2.05, 4.69) is 4.72 Å². The normalized spacial score (nSPS) is 13.0. The molecule has 1 aromatic heterocycles. The summed E-state index contributed by atoms with van der Waals surface area (Å²) in [5, 5.41) is 0. The second kappa shape index (κ2) is 5.97. The molecule has 5 nitrogen and oxygen atoms in total. The Morgan fingerprint density at radius 2 is 2.10 bits per heavy atom. The van der Waals surface area contributed by atoms with Gasteiger partial charge in [0, 0.05) is 5.56 Å². The van der Waals surface area contributed by atoms with Crippen LogP contribution in [0.4, 0.5) is 0 Å². The summed E-state index contributed by atoms with van der Waals surface area (Å²) in [6.45, 7) is 3.48. The predicted octanol–water partition coefficient (Wildman–Crippen LogP) is 2.26. The summed E-state index contributed by atoms with van der Waals surface area (Å²) in [7, 11) is -3.64. The van der Waals surface area contributed by atoms with Gasteiger partial charge in [0.05, 0.1) is 17.2 Å². The maximum absolute atomic E-state index is 12.4. The van der Waals surface area contributed by atoms with Gasteiger partial charge in [-0.05, 0) is 43.7 Å². The van der Waals surface area contributed by atoms with Crippen molar-refractivity contribution in [2.75, 3.05) is 0 Å². The van der Waals surface area contributed by atoms with Crippen molar-refractivity contribution < 1.29 is 12.8 Å². The molecule has 3 N–H and O–H groups in total. The lowest BCUT2D eigenvalue weighted by molar-refractivity contribution is 0.459. The van der Waals surface area contributed by atoms with Gasteiger partial charge in [-0.3, -0.25) is 0 Å². The molecule has 0 aliphatic carbocycles. The molecule has 1 aromatic carbocycles. The third-order valence-electron chi connectivity index (χ3n) is 3.08. The maximum Gasteiger partial charge on any atom is 0.241 e. The van der Waals surface area contributed by atoms with Crippen molar-refractivity contribution in [2.45, 2.75) is 24.8 Å². The van der Waals surface area contributed by atoms with Gasteiger partial charge in [-0.25, -0.2) is 13.1 Å². The molecule has 112 valence electrons. The van der Waals surface area contributed by atoms with Crippen LogP contribution in [-0.4, -0.2) is 13.4 Å². The van der Waals surface area contributed by atoms with Gasteiger partial charge < -0.3 is 10.2 Å². The van der Waals surface area contributed by atoms with Gasteiger partial charge in [-0.2, -0.15) is 0 Å². The van der Waals surface area contributed by atoms with Gasteiger partial charge in [0.1, 0.15) is 10.7 Å². The Morgan fingerprint density at radius 3 is 2.62 bits per heavy atom. The highest BCUT2D eigenvalue weighted by Gasteiger charge is 2.20. The van der Waals surface area contributed by atoms with E-state index in [0.29, 0.717) is 11.3 Å². The van der Waals surface area contributed by atoms with Gasteiger partial charge in [-0.1, -0.05) is 18.3 Å². The fraction of sp³-hybridized carbons (Fsp3) is 0.214. The summed E-state index contributed by atoms with van der Waals surface area (Å²) in [6.07, 6.45) is 1.50. The molecule has 1 atom stereocenters. The van der Waals surface area contributed by atoms with E-state index in [4.69, 9.17) is 22.4 Å². The number of aryl methyl sites for hydroxylation is 1. The molecule has 0 saturated carbocycles. The average molecular weight is 324 g/mol. The number of nitrogens with one attached hydrogen (secondary N) is 1. The van der Waals surface area contributed by atoms with Crippen LogP contribution in [0.15, 0.2) is 45.9 Å². The van der Waals surface area contributed by atoms with Crippen LogP contribution in [0.5, 0.6) is 0 Å². The molecule has 2 aromatic rings. The monoisotopic (exact) mass is 324 g/mol. The molecular formula is C14H16N2O3S2. The molecule has 1 heterocycles. The molecule has 0 aliphatic heterocycles. The van der Waals surface area contributed by atoms with Crippen molar-refractivity contribution in [2.24, 2.45) is 5.73 Å². The van der Waals surface area contributed by atoms with Crippen LogP contribution in [0.1, 0.15) is 29.9 Å². The quantitative estimate of drug-likeness (QED) is 0.824. The van der Waals surface area contributed by atoms with Crippen molar-refractivity contribution in [1.29, 1.82) is 0 Å². The summed E-state index contributed by atoms with van der Waals surface area (Å²) >= 11 is 4.91. The van der Waals surface area contributed by atoms with E-state index in [1.165, 1.54) is 12.3 Å². The zero-order valence-electron chi connectivity index (χ0n) is 11.7. The zero-order valence-corrected chi connectivity index (χ0v) is 13.3. The summed E-state index contributed by atoms with van der Waals surface area (Å²) in [4.78, 5) is 0.409. The predicted molar refractivity (Wildman–Crippen MR) is 84.5 cm³/mol. The molecule has 2 rings (SSSR count). The first kappa shape index (κ1) is 15.7. The number of sulfonamides is 1. The van der Waals surface area contributed by atoms with E-state index in [-0.39, 0.29) is 9.88 Å². The number of thiocarbonyl (C=S) groups is 1. The Balaban J connectivity index is 2.28. The first-order chi connectivity index (χ1) is 9.81. The fourth-order valence-corrected chi connectivity index (χ4v) is 3.50. The minimum atomic E-state index is -3.64. The van der Waals surface area contributed by atoms with E-state index in [9.17, 15) is 8.42 Å². The molecule has 1 unspecified atom stereocenters. The number of hydrogen-bond donors (Lipinski definition) is 2. The Bertz CT molecular complexity index is 753. The summed E-state index contributed by atoms with van der Waals surface area (Å²) in [5.74, 6) is 0.551. The van der Waals surface area contributed by atoms with Crippen molar-refractivity contribution >= 4 is 27.2 Å². The standard InChI is InChI=1S/C14H16N2O3S2/c1-9-8-11(5-6-12(9)14(15)20)21(17,18)16-10(2)13-4-3-7-19-13/h3-8,10,16H,1-2H3,(H2,15,20). The number of hydrogen-bond acceptors (Lipinski definition) is 4. The molecule has 0 amide bonds. The van der Waals surface area contributed by atoms with Crippen LogP contribution in [-0.2, 0) is 10.0 Å². The van der Waals surface area contributed by atoms with E-state index < -0.39 is 16.1 Å². The lowest BCUT2D eigenvalue weighted by Gasteiger charge is -2.13. The van der Waals surface area contributed by atoms with Gasteiger partial charge in [0.25, 0.3) is 0 Å². The largest absolute Gasteiger partial charge is 0.468 e. The third kappa shape index (κ3) is 3.49. The fourth-order valence-electron chi connectivity index (χ4n) is 1.98. The van der Waals surface area contributed by atoms with Crippen molar-refractivity contribution in [3.63, 3.8) is 0 Å². The highest BCUT2D eigenvalue weighted by atomic mass is 32.2. The SMILES string of the molecule is Cc1cc(S(=O)(=O)NC(C)c2ccco2)ccc1C(N)=S. The van der Waals surface area contributed by atoms with E-state index in [1.54, 1.807) is 38.1 Å². The van der Waals surface area contributed by atoms with Gasteiger partial charge >= 0.3 is 0 Å². The van der Waals surface area contributed by atoms with Gasteiger partial charge in [0.15, 0.2) is 0 Å². The molecule has 0 fully saturated rings. The van der Waals surface area contributed by atoms with Crippen LogP contribution in [0.25, 0.3) is 0 Å². The van der Waals surface area contributed by atoms with Crippen LogP contribution >= 0.6 is 12.2 Å². The van der Waals surface area contributed by atoms with E-state index in [0.717, 1.165) is 5.56 Å². The highest BCUT2D eigenvalue weighted by molar-refractivity contribution is 7.89. The molecule has 0 radical (unpaired) electrons. The topological polar surface area (TPSA) is 85.3 Å². The second-order valence-electron chi connectivity index (χ2n) is 4.70. The summed E-state index contributed by atoms with van der Waals surface area (Å²) in [5.41, 5.74) is 6.96. The number of benzene rings is 1. The first-order valence-corrected chi connectivity index (χ1v) is 8.16. The minimum absolute atomic E-state index is 0.165. The molecule has 0 saturated heterocycles. The Morgan fingerprint density at radius 1 is 1.38 bits per heavy atom. The minimum Gasteiger partial charge on any atom is -0.468 e. The zero-order chi connectivity index (χ0) is 15.6.